The fraction of sp³-hybridized carbons (Fsp3) is 0.222. The molecule has 0 saturated carbocycles. The summed E-state index contributed by atoms with van der Waals surface area (Å²) in [5.41, 5.74) is 2.12. The van der Waals surface area contributed by atoms with Gasteiger partial charge >= 0.3 is 0 Å². The second-order valence-corrected chi connectivity index (χ2v) is 6.13. The van der Waals surface area contributed by atoms with Gasteiger partial charge in [-0.15, -0.1) is 0 Å². The first-order valence-electron chi connectivity index (χ1n) is 7.56. The van der Waals surface area contributed by atoms with Crippen LogP contribution in [0.15, 0.2) is 42.5 Å². The molecule has 2 amide bonds. The van der Waals surface area contributed by atoms with E-state index in [-0.39, 0.29) is 18.2 Å². The van der Waals surface area contributed by atoms with Gasteiger partial charge in [-0.25, -0.2) is 0 Å². The van der Waals surface area contributed by atoms with Gasteiger partial charge < -0.3 is 15.0 Å². The number of anilines is 2. The molecule has 24 heavy (non-hydrogen) atoms. The molecule has 6 heteroatoms. The number of carbonyl (C=O) groups is 2. The third kappa shape index (κ3) is 3.36. The molecule has 1 unspecified atom stereocenters. The highest BCUT2D eigenvalue weighted by Crippen LogP contribution is 2.34. The maximum absolute atomic E-state index is 12.2. The van der Waals surface area contributed by atoms with Crippen LogP contribution in [0.25, 0.3) is 0 Å². The predicted octanol–water partition coefficient (Wildman–Crippen LogP) is 3.26. The number of amides is 2. The fourth-order valence-corrected chi connectivity index (χ4v) is 2.81. The van der Waals surface area contributed by atoms with Crippen LogP contribution in [0.4, 0.5) is 11.4 Å². The van der Waals surface area contributed by atoms with Gasteiger partial charge in [0.2, 0.25) is 5.91 Å². The normalized spacial score (nSPS) is 16.4. The summed E-state index contributed by atoms with van der Waals surface area (Å²) in [6.45, 7) is 1.72. The third-order valence-corrected chi connectivity index (χ3v) is 4.07. The number of carbonyl (C=O) groups excluding carboxylic acids is 2. The van der Waals surface area contributed by atoms with Crippen molar-refractivity contribution in [3.8, 4) is 5.75 Å². The van der Waals surface area contributed by atoms with Crippen molar-refractivity contribution in [2.45, 2.75) is 19.4 Å². The number of benzene rings is 2. The summed E-state index contributed by atoms with van der Waals surface area (Å²) in [6.07, 6.45) is -0.309. The molecule has 2 aromatic carbocycles. The summed E-state index contributed by atoms with van der Waals surface area (Å²) in [7, 11) is 1.70. The molecule has 0 bridgehead atoms. The second-order valence-electron chi connectivity index (χ2n) is 5.69. The molecule has 0 aromatic heterocycles. The number of nitrogens with zero attached hydrogens (tertiary/aromatic N) is 1. The lowest BCUT2D eigenvalue weighted by molar-refractivity contribution is -0.125. The van der Waals surface area contributed by atoms with Crippen LogP contribution in [0.3, 0.4) is 0 Å². The van der Waals surface area contributed by atoms with E-state index in [0.717, 1.165) is 5.56 Å². The zero-order valence-electron chi connectivity index (χ0n) is 13.4. The van der Waals surface area contributed by atoms with E-state index in [1.54, 1.807) is 55.3 Å². The maximum atomic E-state index is 12.2. The average molecular weight is 345 g/mol. The van der Waals surface area contributed by atoms with Gasteiger partial charge in [0.25, 0.3) is 5.91 Å². The highest BCUT2D eigenvalue weighted by molar-refractivity contribution is 6.30. The molecule has 1 aliphatic rings. The van der Waals surface area contributed by atoms with Crippen molar-refractivity contribution in [3.63, 3.8) is 0 Å². The van der Waals surface area contributed by atoms with E-state index in [4.69, 9.17) is 16.3 Å². The largest absolute Gasteiger partial charge is 0.479 e. The summed E-state index contributed by atoms with van der Waals surface area (Å²) in [6, 6.07) is 12.4. The Hall–Kier alpha value is -2.53. The van der Waals surface area contributed by atoms with Gasteiger partial charge in [0.15, 0.2) is 6.10 Å². The van der Waals surface area contributed by atoms with E-state index in [1.807, 2.05) is 6.07 Å². The molecule has 0 saturated heterocycles. The number of nitrogens with one attached hydrogen (secondary N) is 1. The van der Waals surface area contributed by atoms with E-state index in [0.29, 0.717) is 22.1 Å². The number of halogens is 1. The summed E-state index contributed by atoms with van der Waals surface area (Å²) in [4.78, 5) is 25.8. The zero-order valence-corrected chi connectivity index (χ0v) is 14.1. The molecule has 2 aromatic rings. The van der Waals surface area contributed by atoms with Crippen molar-refractivity contribution >= 4 is 34.8 Å². The first-order chi connectivity index (χ1) is 11.4. The minimum Gasteiger partial charge on any atom is -0.479 e. The van der Waals surface area contributed by atoms with Gasteiger partial charge in [-0.2, -0.15) is 0 Å². The highest BCUT2D eigenvalue weighted by atomic mass is 35.5. The molecule has 1 aliphatic heterocycles. The molecule has 0 radical (unpaired) electrons. The Labute approximate surface area is 145 Å². The number of fused-ring (bicyclic) bond motifs is 1. The topological polar surface area (TPSA) is 58.6 Å². The van der Waals surface area contributed by atoms with E-state index in [9.17, 15) is 9.59 Å². The van der Waals surface area contributed by atoms with Crippen LogP contribution in [0.5, 0.6) is 5.75 Å². The van der Waals surface area contributed by atoms with Gasteiger partial charge in [-0.3, -0.25) is 9.59 Å². The molecular weight excluding hydrogens is 328 g/mol. The van der Waals surface area contributed by atoms with Crippen LogP contribution < -0.4 is 15.0 Å². The van der Waals surface area contributed by atoms with Gasteiger partial charge in [-0.05, 0) is 42.8 Å². The lowest BCUT2D eigenvalue weighted by atomic mass is 10.1. The van der Waals surface area contributed by atoms with Crippen molar-refractivity contribution in [2.75, 3.05) is 17.3 Å². The first kappa shape index (κ1) is 16.3. The van der Waals surface area contributed by atoms with Crippen LogP contribution in [-0.4, -0.2) is 25.0 Å². The lowest BCUT2D eigenvalue weighted by Crippen LogP contribution is -2.42. The third-order valence-electron chi connectivity index (χ3n) is 3.84. The van der Waals surface area contributed by atoms with Gasteiger partial charge in [0.05, 0.1) is 12.1 Å². The van der Waals surface area contributed by atoms with E-state index in [1.165, 1.54) is 0 Å². The minimum absolute atomic E-state index is 0.108. The number of likely N-dealkylation sites (N-methyl/N-ethyl adjacent to an activating group) is 1. The van der Waals surface area contributed by atoms with Gasteiger partial charge in [-0.1, -0.05) is 23.7 Å². The van der Waals surface area contributed by atoms with E-state index < -0.39 is 6.10 Å². The summed E-state index contributed by atoms with van der Waals surface area (Å²) >= 11 is 5.91. The maximum Gasteiger partial charge on any atom is 0.267 e. The molecule has 5 nitrogen and oxygen atoms in total. The molecule has 0 spiro atoms. The fourth-order valence-electron chi connectivity index (χ4n) is 2.62. The summed E-state index contributed by atoms with van der Waals surface area (Å²) in [5.74, 6) is 0.378. The Balaban J connectivity index is 1.74. The monoisotopic (exact) mass is 344 g/mol. The lowest BCUT2D eigenvalue weighted by Gasteiger charge is -2.30. The molecule has 0 fully saturated rings. The molecule has 1 heterocycles. The van der Waals surface area contributed by atoms with Crippen molar-refractivity contribution in [2.24, 2.45) is 0 Å². The molecule has 1 atom stereocenters. The quantitative estimate of drug-likeness (QED) is 0.929. The smallest absolute Gasteiger partial charge is 0.267 e. The second kappa shape index (κ2) is 6.53. The Morgan fingerprint density at radius 3 is 2.83 bits per heavy atom. The number of rotatable bonds is 3. The van der Waals surface area contributed by atoms with Gasteiger partial charge in [0.1, 0.15) is 5.75 Å². The average Bonchev–Trinajstić information content (AvgIpc) is 2.53. The molecular formula is C18H17ClN2O3. The molecule has 0 aliphatic carbocycles. The SMILES string of the molecule is CC1Oc2ccc(CC(=O)Nc3cccc(Cl)c3)cc2N(C)C1=O. The Morgan fingerprint density at radius 1 is 1.29 bits per heavy atom. The van der Waals surface area contributed by atoms with Crippen LogP contribution in [0, 0.1) is 0 Å². The first-order valence-corrected chi connectivity index (χ1v) is 7.94. The summed E-state index contributed by atoms with van der Waals surface area (Å²) < 4.78 is 5.58. The van der Waals surface area contributed by atoms with Crippen molar-refractivity contribution in [1.29, 1.82) is 0 Å². The molecule has 3 rings (SSSR count). The molecule has 124 valence electrons. The van der Waals surface area contributed by atoms with Crippen LogP contribution in [0.2, 0.25) is 5.02 Å². The number of hydrogen-bond acceptors (Lipinski definition) is 3. The Morgan fingerprint density at radius 2 is 2.08 bits per heavy atom. The van der Waals surface area contributed by atoms with Crippen LogP contribution >= 0.6 is 11.6 Å². The number of hydrogen-bond donors (Lipinski definition) is 1. The summed E-state index contributed by atoms with van der Waals surface area (Å²) in [5, 5.41) is 3.37. The Kier molecular flexibility index (Phi) is 4.44. The van der Waals surface area contributed by atoms with Crippen LogP contribution in [0.1, 0.15) is 12.5 Å². The highest BCUT2D eigenvalue weighted by Gasteiger charge is 2.28. The van der Waals surface area contributed by atoms with Crippen molar-refractivity contribution in [1.82, 2.24) is 0 Å². The zero-order chi connectivity index (χ0) is 17.3. The van der Waals surface area contributed by atoms with Crippen molar-refractivity contribution in [3.05, 3.63) is 53.1 Å². The molecule has 1 N–H and O–H groups in total. The standard InChI is InChI=1S/C18H17ClN2O3/c1-11-18(23)21(2)15-8-12(6-7-16(15)24-11)9-17(22)20-14-5-3-4-13(19)10-14/h3-8,10-11H,9H2,1-2H3,(H,20,22). The van der Waals surface area contributed by atoms with E-state index >= 15 is 0 Å². The predicted molar refractivity (Wildman–Crippen MR) is 93.7 cm³/mol. The van der Waals surface area contributed by atoms with Crippen molar-refractivity contribution < 1.29 is 14.3 Å². The van der Waals surface area contributed by atoms with Crippen LogP contribution in [-0.2, 0) is 16.0 Å². The van der Waals surface area contributed by atoms with Gasteiger partial charge in [0, 0.05) is 17.8 Å². The number of ether oxygens (including phenoxy) is 1. The Bertz CT molecular complexity index is 807. The minimum atomic E-state index is -0.500. The van der Waals surface area contributed by atoms with E-state index in [2.05, 4.69) is 5.32 Å².